The summed E-state index contributed by atoms with van der Waals surface area (Å²) in [5.41, 5.74) is 4.64. The highest BCUT2D eigenvalue weighted by molar-refractivity contribution is 5.86. The van der Waals surface area contributed by atoms with Crippen molar-refractivity contribution < 1.29 is 0 Å². The fourth-order valence-corrected chi connectivity index (χ4v) is 2.95. The summed E-state index contributed by atoms with van der Waals surface area (Å²) in [6.45, 7) is 3.26. The molecule has 0 aliphatic heterocycles. The van der Waals surface area contributed by atoms with Gasteiger partial charge in [0, 0.05) is 36.1 Å². The molecule has 0 unspecified atom stereocenters. The van der Waals surface area contributed by atoms with Crippen LogP contribution in [0.1, 0.15) is 24.0 Å². The fraction of sp³-hybridized carbons (Fsp3) is 0.467. The number of nitrogens with zero attached hydrogens (tertiary/aromatic N) is 1. The SMILES string of the molecule is CNCC1(c2cn(C)c3cc(C)ccc23)CC1. The highest BCUT2D eigenvalue weighted by Crippen LogP contribution is 2.50. The van der Waals surface area contributed by atoms with Gasteiger partial charge in [0.15, 0.2) is 0 Å². The highest BCUT2D eigenvalue weighted by Gasteiger charge is 2.45. The van der Waals surface area contributed by atoms with Crippen molar-refractivity contribution in [2.45, 2.75) is 25.2 Å². The van der Waals surface area contributed by atoms with Gasteiger partial charge in [0.1, 0.15) is 0 Å². The third kappa shape index (κ3) is 1.59. The number of hydrogen-bond acceptors (Lipinski definition) is 1. The van der Waals surface area contributed by atoms with Gasteiger partial charge in [0.2, 0.25) is 0 Å². The van der Waals surface area contributed by atoms with E-state index < -0.39 is 0 Å². The van der Waals surface area contributed by atoms with Gasteiger partial charge in [0.05, 0.1) is 0 Å². The molecule has 1 saturated carbocycles. The predicted octanol–water partition coefficient (Wildman–Crippen LogP) is 2.74. The van der Waals surface area contributed by atoms with E-state index in [1.807, 2.05) is 0 Å². The summed E-state index contributed by atoms with van der Waals surface area (Å²) in [6, 6.07) is 6.80. The van der Waals surface area contributed by atoms with Crippen molar-refractivity contribution in [2.75, 3.05) is 13.6 Å². The van der Waals surface area contributed by atoms with Crippen molar-refractivity contribution in [2.24, 2.45) is 7.05 Å². The molecule has 1 aromatic heterocycles. The molecule has 2 aromatic rings. The van der Waals surface area contributed by atoms with Crippen LogP contribution in [0.3, 0.4) is 0 Å². The van der Waals surface area contributed by atoms with E-state index in [2.05, 4.69) is 55.3 Å². The van der Waals surface area contributed by atoms with Crippen LogP contribution in [0.25, 0.3) is 10.9 Å². The van der Waals surface area contributed by atoms with E-state index in [0.29, 0.717) is 5.41 Å². The maximum absolute atomic E-state index is 3.35. The first kappa shape index (κ1) is 10.8. The number of likely N-dealkylation sites (N-methyl/N-ethyl adjacent to an activating group) is 1. The predicted molar refractivity (Wildman–Crippen MR) is 72.5 cm³/mol. The lowest BCUT2D eigenvalue weighted by Gasteiger charge is -2.13. The Bertz CT molecular complexity index is 562. The Morgan fingerprint density at radius 3 is 2.76 bits per heavy atom. The van der Waals surface area contributed by atoms with Gasteiger partial charge < -0.3 is 9.88 Å². The Hall–Kier alpha value is -1.28. The first-order valence-corrected chi connectivity index (χ1v) is 6.37. The molecule has 0 saturated heterocycles. The standard InChI is InChI=1S/C15H20N2/c1-11-4-5-12-13(9-17(3)14(12)8-11)15(6-7-15)10-16-2/h4-5,8-9,16H,6-7,10H2,1-3H3. The number of aromatic nitrogens is 1. The highest BCUT2D eigenvalue weighted by atomic mass is 14.9. The molecule has 1 heterocycles. The van der Waals surface area contributed by atoms with Crippen molar-refractivity contribution in [1.82, 2.24) is 9.88 Å². The average molecular weight is 228 g/mol. The number of rotatable bonds is 3. The van der Waals surface area contributed by atoms with E-state index in [1.54, 1.807) is 0 Å². The average Bonchev–Trinajstić information content (AvgIpc) is 3.00. The van der Waals surface area contributed by atoms with Crippen LogP contribution in [0.15, 0.2) is 24.4 Å². The van der Waals surface area contributed by atoms with Crippen LogP contribution < -0.4 is 5.32 Å². The van der Waals surface area contributed by atoms with E-state index in [0.717, 1.165) is 6.54 Å². The van der Waals surface area contributed by atoms with Crippen molar-refractivity contribution in [1.29, 1.82) is 0 Å². The third-order valence-corrected chi connectivity index (χ3v) is 4.09. The summed E-state index contributed by atoms with van der Waals surface area (Å²) in [4.78, 5) is 0. The molecular weight excluding hydrogens is 208 g/mol. The molecule has 0 bridgehead atoms. The van der Waals surface area contributed by atoms with E-state index in [4.69, 9.17) is 0 Å². The number of aryl methyl sites for hydroxylation is 2. The monoisotopic (exact) mass is 228 g/mol. The van der Waals surface area contributed by atoms with Crippen LogP contribution in [-0.4, -0.2) is 18.2 Å². The van der Waals surface area contributed by atoms with Gasteiger partial charge in [-0.05, 0) is 44.0 Å². The summed E-state index contributed by atoms with van der Waals surface area (Å²) >= 11 is 0. The minimum absolute atomic E-state index is 0.406. The van der Waals surface area contributed by atoms with Crippen LogP contribution in [0, 0.1) is 6.92 Å². The van der Waals surface area contributed by atoms with Crippen molar-refractivity contribution in [3.05, 3.63) is 35.5 Å². The first-order chi connectivity index (χ1) is 8.16. The molecule has 2 nitrogen and oxygen atoms in total. The number of hydrogen-bond donors (Lipinski definition) is 1. The summed E-state index contributed by atoms with van der Waals surface area (Å²) < 4.78 is 2.27. The zero-order valence-corrected chi connectivity index (χ0v) is 10.9. The van der Waals surface area contributed by atoms with Gasteiger partial charge in [-0.25, -0.2) is 0 Å². The molecule has 0 atom stereocenters. The first-order valence-electron chi connectivity index (χ1n) is 6.37. The topological polar surface area (TPSA) is 17.0 Å². The lowest BCUT2D eigenvalue weighted by Crippen LogP contribution is -2.23. The molecule has 0 amide bonds. The summed E-state index contributed by atoms with van der Waals surface area (Å²) in [7, 11) is 4.20. The maximum atomic E-state index is 3.35. The Kier molecular flexibility index (Phi) is 2.30. The lowest BCUT2D eigenvalue weighted by atomic mass is 9.95. The third-order valence-electron chi connectivity index (χ3n) is 4.09. The van der Waals surface area contributed by atoms with Crippen LogP contribution in [0.4, 0.5) is 0 Å². The maximum Gasteiger partial charge on any atom is 0.0483 e. The van der Waals surface area contributed by atoms with Crippen molar-refractivity contribution >= 4 is 10.9 Å². The van der Waals surface area contributed by atoms with Gasteiger partial charge in [0.25, 0.3) is 0 Å². The normalized spacial score (nSPS) is 17.6. The summed E-state index contributed by atoms with van der Waals surface area (Å²) in [5.74, 6) is 0. The van der Waals surface area contributed by atoms with Crippen molar-refractivity contribution in [3.63, 3.8) is 0 Å². The Labute approximate surface area is 103 Å². The molecule has 3 rings (SSSR count). The molecule has 90 valence electrons. The zero-order valence-electron chi connectivity index (χ0n) is 10.9. The second kappa shape index (κ2) is 3.61. The van der Waals surface area contributed by atoms with E-state index in [1.165, 1.54) is 34.9 Å². The van der Waals surface area contributed by atoms with E-state index in [9.17, 15) is 0 Å². The zero-order chi connectivity index (χ0) is 12.0. The Morgan fingerprint density at radius 2 is 2.12 bits per heavy atom. The minimum atomic E-state index is 0.406. The van der Waals surface area contributed by atoms with Crippen LogP contribution in [0.5, 0.6) is 0 Å². The number of nitrogens with one attached hydrogen (secondary N) is 1. The van der Waals surface area contributed by atoms with Gasteiger partial charge in [-0.2, -0.15) is 0 Å². The van der Waals surface area contributed by atoms with Crippen LogP contribution in [-0.2, 0) is 12.5 Å². The Morgan fingerprint density at radius 1 is 1.35 bits per heavy atom. The number of benzene rings is 1. The van der Waals surface area contributed by atoms with Crippen LogP contribution in [0.2, 0.25) is 0 Å². The Balaban J connectivity index is 2.18. The molecular formula is C15H20N2. The van der Waals surface area contributed by atoms with Gasteiger partial charge in [-0.1, -0.05) is 12.1 Å². The summed E-state index contributed by atoms with van der Waals surface area (Å²) in [5, 5.41) is 4.78. The number of fused-ring (bicyclic) bond motifs is 1. The lowest BCUT2D eigenvalue weighted by molar-refractivity contribution is 0.626. The summed E-state index contributed by atoms with van der Waals surface area (Å²) in [6.07, 6.45) is 4.97. The quantitative estimate of drug-likeness (QED) is 0.854. The molecule has 2 heteroatoms. The molecule has 1 aliphatic rings. The largest absolute Gasteiger partial charge is 0.350 e. The smallest absolute Gasteiger partial charge is 0.0483 e. The molecule has 1 fully saturated rings. The minimum Gasteiger partial charge on any atom is -0.350 e. The van der Waals surface area contributed by atoms with Gasteiger partial charge >= 0.3 is 0 Å². The molecule has 1 aromatic carbocycles. The molecule has 0 spiro atoms. The van der Waals surface area contributed by atoms with E-state index in [-0.39, 0.29) is 0 Å². The fourth-order valence-electron chi connectivity index (χ4n) is 2.95. The molecule has 1 N–H and O–H groups in total. The molecule has 17 heavy (non-hydrogen) atoms. The second-order valence-electron chi connectivity index (χ2n) is 5.48. The molecule has 1 aliphatic carbocycles. The van der Waals surface area contributed by atoms with Gasteiger partial charge in [-0.15, -0.1) is 0 Å². The van der Waals surface area contributed by atoms with Crippen molar-refractivity contribution in [3.8, 4) is 0 Å². The van der Waals surface area contributed by atoms with Gasteiger partial charge in [-0.3, -0.25) is 0 Å². The second-order valence-corrected chi connectivity index (χ2v) is 5.48. The van der Waals surface area contributed by atoms with Crippen LogP contribution >= 0.6 is 0 Å². The molecule has 0 radical (unpaired) electrons. The van der Waals surface area contributed by atoms with E-state index >= 15 is 0 Å².